The topological polar surface area (TPSA) is 49.4 Å². The Bertz CT molecular complexity index is 749. The molecular formula is C17H16F2N2O2S. The van der Waals surface area contributed by atoms with Crippen LogP contribution in [0.1, 0.15) is 10.4 Å². The lowest BCUT2D eigenvalue weighted by molar-refractivity contribution is -0.113. The van der Waals surface area contributed by atoms with Gasteiger partial charge in [-0.25, -0.2) is 8.78 Å². The Balaban J connectivity index is 1.92. The average molecular weight is 350 g/mol. The SMILES string of the molecule is CN(C)C(=O)c1ccc(NC(=O)CSc2cc(F)ccc2F)cc1. The van der Waals surface area contributed by atoms with Crippen molar-refractivity contribution in [1.29, 1.82) is 0 Å². The molecule has 1 N–H and O–H groups in total. The fraction of sp³-hybridized carbons (Fsp3) is 0.176. The average Bonchev–Trinajstić information content (AvgIpc) is 2.55. The van der Waals surface area contributed by atoms with Crippen LogP contribution in [0, 0.1) is 11.6 Å². The van der Waals surface area contributed by atoms with Crippen molar-refractivity contribution in [3.8, 4) is 0 Å². The van der Waals surface area contributed by atoms with Gasteiger partial charge < -0.3 is 10.2 Å². The van der Waals surface area contributed by atoms with Crippen LogP contribution in [0.3, 0.4) is 0 Å². The number of carbonyl (C=O) groups is 2. The van der Waals surface area contributed by atoms with Crippen molar-refractivity contribution in [2.24, 2.45) is 0 Å². The molecule has 0 fully saturated rings. The van der Waals surface area contributed by atoms with Gasteiger partial charge in [-0.1, -0.05) is 0 Å². The number of nitrogens with one attached hydrogen (secondary N) is 1. The van der Waals surface area contributed by atoms with Gasteiger partial charge in [0.25, 0.3) is 5.91 Å². The second-order valence-electron chi connectivity index (χ2n) is 5.19. The van der Waals surface area contributed by atoms with Gasteiger partial charge in [0.2, 0.25) is 5.91 Å². The van der Waals surface area contributed by atoms with Gasteiger partial charge >= 0.3 is 0 Å². The van der Waals surface area contributed by atoms with Crippen LogP contribution >= 0.6 is 11.8 Å². The number of rotatable bonds is 5. The normalized spacial score (nSPS) is 10.3. The molecule has 0 aliphatic heterocycles. The predicted octanol–water partition coefficient (Wildman–Crippen LogP) is 3.40. The van der Waals surface area contributed by atoms with Gasteiger partial charge in [0.15, 0.2) is 0 Å². The van der Waals surface area contributed by atoms with Crippen molar-refractivity contribution < 1.29 is 18.4 Å². The number of hydrogen-bond acceptors (Lipinski definition) is 3. The fourth-order valence-electron chi connectivity index (χ4n) is 1.88. The highest BCUT2D eigenvalue weighted by molar-refractivity contribution is 8.00. The van der Waals surface area contributed by atoms with Crippen LogP contribution in [0.15, 0.2) is 47.4 Å². The number of benzene rings is 2. The highest BCUT2D eigenvalue weighted by Gasteiger charge is 2.10. The van der Waals surface area contributed by atoms with Crippen molar-refractivity contribution in [3.63, 3.8) is 0 Å². The van der Waals surface area contributed by atoms with Gasteiger partial charge in [-0.15, -0.1) is 11.8 Å². The van der Waals surface area contributed by atoms with Crippen LogP contribution in [-0.2, 0) is 4.79 Å². The lowest BCUT2D eigenvalue weighted by Gasteiger charge is -2.11. The van der Waals surface area contributed by atoms with E-state index in [2.05, 4.69) is 5.32 Å². The van der Waals surface area contributed by atoms with Gasteiger partial charge in [0, 0.05) is 30.2 Å². The molecule has 2 aromatic rings. The minimum atomic E-state index is -0.569. The molecule has 2 amide bonds. The summed E-state index contributed by atoms with van der Waals surface area (Å²) in [5.41, 5.74) is 1.03. The molecule has 0 spiro atoms. The second-order valence-corrected chi connectivity index (χ2v) is 6.21. The van der Waals surface area contributed by atoms with Gasteiger partial charge in [-0.05, 0) is 42.5 Å². The molecule has 126 valence electrons. The fourth-order valence-corrected chi connectivity index (χ4v) is 2.64. The van der Waals surface area contributed by atoms with Crippen LogP contribution in [0.25, 0.3) is 0 Å². The standard InChI is InChI=1S/C17H16F2N2O2S/c1-21(2)17(23)11-3-6-13(7-4-11)20-16(22)10-24-15-9-12(18)5-8-14(15)19/h3-9H,10H2,1-2H3,(H,20,22). The van der Waals surface area contributed by atoms with Crippen molar-refractivity contribution >= 4 is 29.3 Å². The summed E-state index contributed by atoms with van der Waals surface area (Å²) in [6.45, 7) is 0. The summed E-state index contributed by atoms with van der Waals surface area (Å²) in [6, 6.07) is 9.54. The minimum Gasteiger partial charge on any atom is -0.345 e. The van der Waals surface area contributed by atoms with Crippen LogP contribution in [0.2, 0.25) is 0 Å². The number of thioether (sulfide) groups is 1. The first kappa shape index (κ1) is 17.9. The zero-order valence-electron chi connectivity index (χ0n) is 13.2. The van der Waals surface area contributed by atoms with Crippen molar-refractivity contribution in [2.45, 2.75) is 4.90 Å². The van der Waals surface area contributed by atoms with E-state index in [-0.39, 0.29) is 22.5 Å². The molecule has 7 heteroatoms. The maximum absolute atomic E-state index is 13.5. The van der Waals surface area contributed by atoms with E-state index < -0.39 is 11.6 Å². The van der Waals surface area contributed by atoms with Crippen LogP contribution in [0.4, 0.5) is 14.5 Å². The molecule has 0 saturated heterocycles. The summed E-state index contributed by atoms with van der Waals surface area (Å²) in [6.07, 6.45) is 0. The number of anilines is 1. The van der Waals surface area contributed by atoms with Gasteiger partial charge in [-0.3, -0.25) is 9.59 Å². The molecule has 4 nitrogen and oxygen atoms in total. The third-order valence-electron chi connectivity index (χ3n) is 3.07. The molecule has 2 aromatic carbocycles. The Labute approximate surface area is 142 Å². The molecule has 0 unspecified atom stereocenters. The summed E-state index contributed by atoms with van der Waals surface area (Å²) in [5, 5.41) is 2.64. The molecule has 2 rings (SSSR count). The van der Waals surface area contributed by atoms with Crippen LogP contribution in [-0.4, -0.2) is 36.6 Å². The first-order chi connectivity index (χ1) is 11.4. The smallest absolute Gasteiger partial charge is 0.253 e. The van der Waals surface area contributed by atoms with Crippen molar-refractivity contribution in [3.05, 3.63) is 59.7 Å². The van der Waals surface area contributed by atoms with E-state index in [9.17, 15) is 18.4 Å². The van der Waals surface area contributed by atoms with Crippen LogP contribution < -0.4 is 5.32 Å². The second kappa shape index (κ2) is 7.92. The van der Waals surface area contributed by atoms with Crippen LogP contribution in [0.5, 0.6) is 0 Å². The number of nitrogens with zero attached hydrogens (tertiary/aromatic N) is 1. The Morgan fingerprint density at radius 2 is 1.75 bits per heavy atom. The van der Waals surface area contributed by atoms with E-state index >= 15 is 0 Å². The summed E-state index contributed by atoms with van der Waals surface area (Å²) >= 11 is 0.913. The largest absolute Gasteiger partial charge is 0.345 e. The molecular weight excluding hydrogens is 334 g/mol. The van der Waals surface area contributed by atoms with Crippen molar-refractivity contribution in [2.75, 3.05) is 25.2 Å². The van der Waals surface area contributed by atoms with Gasteiger partial charge in [0.05, 0.1) is 5.75 Å². The van der Waals surface area contributed by atoms with E-state index in [0.717, 1.165) is 30.0 Å². The number of carbonyl (C=O) groups excluding carboxylic acids is 2. The summed E-state index contributed by atoms with van der Waals surface area (Å²) in [7, 11) is 3.31. The highest BCUT2D eigenvalue weighted by Crippen LogP contribution is 2.23. The maximum Gasteiger partial charge on any atom is 0.253 e. The maximum atomic E-state index is 13.5. The summed E-state index contributed by atoms with van der Waals surface area (Å²) in [5.74, 6) is -1.67. The first-order valence-electron chi connectivity index (χ1n) is 7.06. The first-order valence-corrected chi connectivity index (χ1v) is 8.05. The number of amides is 2. The molecule has 0 aliphatic carbocycles. The van der Waals surface area contributed by atoms with E-state index in [1.165, 1.54) is 4.90 Å². The Kier molecular flexibility index (Phi) is 5.92. The van der Waals surface area contributed by atoms with E-state index in [1.54, 1.807) is 38.4 Å². The number of halogens is 2. The molecule has 0 heterocycles. The lowest BCUT2D eigenvalue weighted by Crippen LogP contribution is -2.21. The molecule has 0 radical (unpaired) electrons. The zero-order valence-corrected chi connectivity index (χ0v) is 14.0. The highest BCUT2D eigenvalue weighted by atomic mass is 32.2. The number of hydrogen-bond donors (Lipinski definition) is 1. The van der Waals surface area contributed by atoms with Gasteiger partial charge in [-0.2, -0.15) is 0 Å². The van der Waals surface area contributed by atoms with E-state index in [0.29, 0.717) is 11.3 Å². The molecule has 0 atom stereocenters. The Morgan fingerprint density at radius 1 is 1.08 bits per heavy atom. The monoisotopic (exact) mass is 350 g/mol. The third-order valence-corrected chi connectivity index (χ3v) is 4.10. The summed E-state index contributed by atoms with van der Waals surface area (Å²) < 4.78 is 26.5. The van der Waals surface area contributed by atoms with E-state index in [4.69, 9.17) is 0 Å². The molecule has 0 aliphatic rings. The molecule has 0 saturated carbocycles. The van der Waals surface area contributed by atoms with Gasteiger partial charge in [0.1, 0.15) is 11.6 Å². The zero-order chi connectivity index (χ0) is 17.7. The minimum absolute atomic E-state index is 0.0568. The molecule has 0 bridgehead atoms. The third kappa shape index (κ3) is 4.79. The van der Waals surface area contributed by atoms with Crippen molar-refractivity contribution in [1.82, 2.24) is 4.90 Å². The quantitative estimate of drug-likeness (QED) is 0.841. The summed E-state index contributed by atoms with van der Waals surface area (Å²) in [4.78, 5) is 25.2. The lowest BCUT2D eigenvalue weighted by atomic mass is 10.2. The molecule has 24 heavy (non-hydrogen) atoms. The molecule has 0 aromatic heterocycles. The van der Waals surface area contributed by atoms with E-state index in [1.807, 2.05) is 0 Å². The predicted molar refractivity (Wildman–Crippen MR) is 90.2 cm³/mol. The Hall–Kier alpha value is -2.41. The Morgan fingerprint density at radius 3 is 2.38 bits per heavy atom.